The third-order valence-electron chi connectivity index (χ3n) is 11.0. The van der Waals surface area contributed by atoms with Gasteiger partial charge in [0.2, 0.25) is 0 Å². The number of methoxy groups -OCH3 is 4. The number of hydrogen-bond acceptors (Lipinski definition) is 11. The largest absolute Gasteiger partial charge is 0.493 e. The number of carbonyl (C=O) groups excluding carboxylic acids is 4. The summed E-state index contributed by atoms with van der Waals surface area (Å²) in [4.78, 5) is 52.4. The first-order valence-corrected chi connectivity index (χ1v) is 23.6. The van der Waals surface area contributed by atoms with Gasteiger partial charge in [0.05, 0.1) is 28.4 Å². The third kappa shape index (κ3) is 14.9. The molecule has 0 saturated carbocycles. The van der Waals surface area contributed by atoms with Crippen molar-refractivity contribution in [3.63, 3.8) is 0 Å². The molecule has 0 aliphatic rings. The molecule has 0 N–H and O–H groups in total. The van der Waals surface area contributed by atoms with Crippen LogP contribution in [-0.4, -0.2) is 79.2 Å². The van der Waals surface area contributed by atoms with Crippen molar-refractivity contribution in [1.29, 1.82) is 0 Å². The van der Waals surface area contributed by atoms with Gasteiger partial charge in [-0.05, 0) is 103 Å². The van der Waals surface area contributed by atoms with Gasteiger partial charge in [-0.1, -0.05) is 57.2 Å². The van der Waals surface area contributed by atoms with Crippen LogP contribution >= 0.6 is 0 Å². The Balaban J connectivity index is 1.26. The number of rotatable bonds is 26. The zero-order valence-corrected chi connectivity index (χ0v) is 38.2. The summed E-state index contributed by atoms with van der Waals surface area (Å²) in [5.41, 5.74) is 2.91. The highest BCUT2D eigenvalue weighted by Gasteiger charge is 2.39. The van der Waals surface area contributed by atoms with Crippen molar-refractivity contribution in [1.82, 2.24) is 0 Å². The van der Waals surface area contributed by atoms with Crippen LogP contribution in [0.1, 0.15) is 91.1 Å². The number of carbonyl (C=O) groups is 4. The molecule has 0 amide bonds. The van der Waals surface area contributed by atoms with E-state index >= 15 is 0 Å². The third-order valence-corrected chi connectivity index (χ3v) is 15.6. The van der Waals surface area contributed by atoms with Gasteiger partial charge < -0.3 is 32.8 Å². The fraction of sp³-hybridized carbons (Fsp3) is 0.429. The number of benzene rings is 4. The maximum Gasteiger partial charge on any atom is 0.192 e. The zero-order chi connectivity index (χ0) is 44.6. The summed E-state index contributed by atoms with van der Waals surface area (Å²) >= 11 is 0. The Bertz CT molecular complexity index is 1970. The predicted molar refractivity (Wildman–Crippen MR) is 239 cm³/mol. The van der Waals surface area contributed by atoms with E-state index in [1.807, 2.05) is 36.4 Å². The molecule has 0 aromatic heterocycles. The Morgan fingerprint density at radius 3 is 1.33 bits per heavy atom. The summed E-state index contributed by atoms with van der Waals surface area (Å²) in [6, 6.07) is 24.9. The molecule has 61 heavy (non-hydrogen) atoms. The minimum Gasteiger partial charge on any atom is -0.493 e. The van der Waals surface area contributed by atoms with Crippen LogP contribution in [-0.2, 0) is 26.9 Å². The lowest BCUT2D eigenvalue weighted by Crippen LogP contribution is -2.44. The molecule has 0 saturated heterocycles. The van der Waals surface area contributed by atoms with E-state index < -0.39 is 8.32 Å². The van der Waals surface area contributed by atoms with Gasteiger partial charge in [-0.15, -0.1) is 0 Å². The van der Waals surface area contributed by atoms with Gasteiger partial charge in [-0.2, -0.15) is 0 Å². The van der Waals surface area contributed by atoms with E-state index in [4.69, 9.17) is 32.8 Å². The van der Waals surface area contributed by atoms with Crippen LogP contribution in [0.5, 0.6) is 34.5 Å². The Morgan fingerprint density at radius 2 is 0.951 bits per heavy atom. The van der Waals surface area contributed by atoms with Crippen LogP contribution in [0.25, 0.3) is 0 Å². The van der Waals surface area contributed by atoms with Crippen LogP contribution in [0.4, 0.5) is 0 Å². The van der Waals surface area contributed by atoms with Gasteiger partial charge in [-0.3, -0.25) is 19.2 Å². The molecule has 12 heteroatoms. The van der Waals surface area contributed by atoms with E-state index in [1.165, 1.54) is 0 Å². The molecule has 0 bridgehead atoms. The first-order valence-electron chi connectivity index (χ1n) is 20.7. The Labute approximate surface area is 362 Å². The first kappa shape index (κ1) is 48.2. The molecule has 0 radical (unpaired) electrons. The molecule has 4 aromatic carbocycles. The van der Waals surface area contributed by atoms with Crippen LogP contribution in [0.2, 0.25) is 18.1 Å². The van der Waals surface area contributed by atoms with E-state index in [0.29, 0.717) is 84.1 Å². The van der Waals surface area contributed by atoms with E-state index in [9.17, 15) is 19.2 Å². The van der Waals surface area contributed by atoms with Crippen LogP contribution < -0.4 is 28.4 Å². The second kappa shape index (κ2) is 22.9. The lowest BCUT2D eigenvalue weighted by molar-refractivity contribution is -0.121. The number of hydrogen-bond donors (Lipinski definition) is 0. The highest BCUT2D eigenvalue weighted by Crippen LogP contribution is 2.38. The number of ketones is 4. The summed E-state index contributed by atoms with van der Waals surface area (Å²) in [5.74, 6) is 3.05. The molecule has 4 rings (SSSR count). The Morgan fingerprint density at radius 1 is 0.541 bits per heavy atom. The number of aryl methyl sites for hydroxylation is 2. The topological polar surface area (TPSA) is 133 Å². The van der Waals surface area contributed by atoms with Crippen LogP contribution in [0.15, 0.2) is 84.9 Å². The summed E-state index contributed by atoms with van der Waals surface area (Å²) in [6.07, 6.45) is 2.61. The van der Waals surface area contributed by atoms with E-state index in [-0.39, 0.29) is 60.3 Å². The maximum absolute atomic E-state index is 13.1. The molecule has 0 spiro atoms. The maximum atomic E-state index is 13.1. The fourth-order valence-corrected chi connectivity index (χ4v) is 7.79. The van der Waals surface area contributed by atoms with Gasteiger partial charge in [0.15, 0.2) is 54.4 Å². The molecule has 11 nitrogen and oxygen atoms in total. The molecular weight excluding hydrogens is 793 g/mol. The lowest BCUT2D eigenvalue weighted by atomic mass is 10.0. The van der Waals surface area contributed by atoms with Crippen LogP contribution in [0.3, 0.4) is 0 Å². The second-order valence-electron chi connectivity index (χ2n) is 16.5. The van der Waals surface area contributed by atoms with Crippen molar-refractivity contribution in [3.05, 3.63) is 107 Å². The summed E-state index contributed by atoms with van der Waals surface area (Å²) in [7, 11) is 4.07. The van der Waals surface area contributed by atoms with Gasteiger partial charge in [0.25, 0.3) is 0 Å². The average Bonchev–Trinajstić information content (AvgIpc) is 3.26. The molecule has 328 valence electrons. The van der Waals surface area contributed by atoms with Crippen molar-refractivity contribution in [2.24, 2.45) is 0 Å². The van der Waals surface area contributed by atoms with Gasteiger partial charge >= 0.3 is 0 Å². The fourth-order valence-electron chi connectivity index (χ4n) is 6.37. The van der Waals surface area contributed by atoms with E-state index in [2.05, 4.69) is 33.9 Å². The summed E-state index contributed by atoms with van der Waals surface area (Å²) in [5, 5.41) is -0.0700. The number of ether oxygens (including phenoxy) is 6. The minimum atomic E-state index is -2.24. The van der Waals surface area contributed by atoms with Crippen LogP contribution in [0, 0.1) is 0 Å². The van der Waals surface area contributed by atoms with Gasteiger partial charge in [0, 0.05) is 42.9 Å². The zero-order valence-electron chi connectivity index (χ0n) is 37.2. The van der Waals surface area contributed by atoms with E-state index in [0.717, 1.165) is 11.1 Å². The normalized spacial score (nSPS) is 11.5. The van der Waals surface area contributed by atoms with Crippen molar-refractivity contribution < 1.29 is 52.0 Å². The molecule has 0 heterocycles. The standard InChI is InChI=1S/C49H62O11Si/c1-49(2,3)61(8,9)60-40(22-20-38(50)32-58-41-14-10-12-36(30-41)43(52)24-16-34-18-26-45(54-4)47(28-34)56-6)23-21-39(51)33-59-42-15-11-13-37(31-42)44(53)25-17-35-19-27-46(55-5)48(29-35)57-7/h10-15,18-19,26-31,40H,16-17,20-25,32-33H2,1-9H3. The molecule has 0 aliphatic carbocycles. The second-order valence-corrected chi connectivity index (χ2v) is 21.3. The van der Waals surface area contributed by atoms with Gasteiger partial charge in [-0.25, -0.2) is 0 Å². The molecule has 0 unspecified atom stereocenters. The molecule has 0 fully saturated rings. The van der Waals surface area contributed by atoms with Crippen molar-refractivity contribution >= 4 is 31.5 Å². The smallest absolute Gasteiger partial charge is 0.192 e. The lowest BCUT2D eigenvalue weighted by Gasteiger charge is -2.39. The Kier molecular flexibility index (Phi) is 18.1. The highest BCUT2D eigenvalue weighted by atomic mass is 28.4. The highest BCUT2D eigenvalue weighted by molar-refractivity contribution is 6.74. The average molecular weight is 855 g/mol. The molecule has 0 aliphatic heterocycles. The number of Topliss-reactive ketones (excluding diaryl/α,β-unsaturated/α-hetero) is 4. The molecule has 0 atom stereocenters. The predicted octanol–water partition coefficient (Wildman–Crippen LogP) is 9.90. The van der Waals surface area contributed by atoms with Crippen molar-refractivity contribution in [2.75, 3.05) is 41.7 Å². The SMILES string of the molecule is COc1ccc(CCC(=O)c2cccc(OCC(=O)CCC(CCC(=O)COc3cccc(C(=O)CCc4ccc(OC)c(OC)c4)c3)O[Si](C)(C)C(C)(C)C)c2)cc1OC. The summed E-state index contributed by atoms with van der Waals surface area (Å²) < 4.78 is 39.8. The minimum absolute atomic E-state index is 0.0423. The first-order chi connectivity index (χ1) is 29.0. The molecule has 4 aromatic rings. The van der Waals surface area contributed by atoms with E-state index in [1.54, 1.807) is 77.0 Å². The van der Waals surface area contributed by atoms with Crippen molar-refractivity contribution in [3.8, 4) is 34.5 Å². The Hall–Kier alpha value is -5.46. The molecular formula is C49H62O11Si. The van der Waals surface area contributed by atoms with Gasteiger partial charge in [0.1, 0.15) is 24.7 Å². The van der Waals surface area contributed by atoms with Crippen molar-refractivity contribution in [2.45, 2.75) is 96.4 Å². The monoisotopic (exact) mass is 854 g/mol. The quantitative estimate of drug-likeness (QED) is 0.0442. The summed E-state index contributed by atoms with van der Waals surface area (Å²) in [6.45, 7) is 10.5.